The zero-order valence-corrected chi connectivity index (χ0v) is 43.8. The summed E-state index contributed by atoms with van der Waals surface area (Å²) < 4.78 is 84.6. The summed E-state index contributed by atoms with van der Waals surface area (Å²) in [6.45, 7) is 13.2. The lowest BCUT2D eigenvalue weighted by molar-refractivity contribution is -0.139. The molecule has 7 rings (SSSR count). The van der Waals surface area contributed by atoms with E-state index in [1.54, 1.807) is 24.3 Å². The predicted octanol–water partition coefficient (Wildman–Crippen LogP) is 15.0. The molecule has 2 aromatic carbocycles. The molecule has 4 unspecified atom stereocenters. The number of aliphatic hydroxyl groups excluding tert-OH is 1. The summed E-state index contributed by atoms with van der Waals surface area (Å²) in [6.07, 6.45) is 15.9. The molecule has 2 aromatic rings. The lowest BCUT2D eigenvalue weighted by Gasteiger charge is -2.48. The highest BCUT2D eigenvalue weighted by atomic mass is 19.4. The maximum atomic E-state index is 13.2. The number of ether oxygens (including phenoxy) is 1. The summed E-state index contributed by atoms with van der Waals surface area (Å²) in [5.74, 6) is 1.92. The number of nitrogens with zero attached hydrogens (tertiary/aromatic N) is 2. The summed E-state index contributed by atoms with van der Waals surface area (Å²) >= 11 is 0. The number of hydrogen-bond acceptors (Lipinski definition) is 6. The van der Waals surface area contributed by atoms with E-state index in [-0.39, 0.29) is 30.2 Å². The zero-order valence-electron chi connectivity index (χ0n) is 43.8. The summed E-state index contributed by atoms with van der Waals surface area (Å²) in [6, 6.07) is 12.5. The molecule has 0 radical (unpaired) electrons. The third-order valence-electron chi connectivity index (χ3n) is 16.4. The lowest BCUT2D eigenvalue weighted by atomic mass is 9.72. The Labute approximate surface area is 423 Å². The number of rotatable bonds is 17. The van der Waals surface area contributed by atoms with Gasteiger partial charge in [0.1, 0.15) is 6.29 Å². The molecule has 0 aromatic heterocycles. The minimum absolute atomic E-state index is 0.0684. The first kappa shape index (κ1) is 60.6. The molecule has 5 aliphatic rings. The molecule has 404 valence electrons. The number of carboxylic acid groups (broad SMARTS) is 1. The zero-order chi connectivity index (χ0) is 52.0. The van der Waals surface area contributed by atoms with Crippen LogP contribution in [0.1, 0.15) is 203 Å². The molecule has 7 nitrogen and oxygen atoms in total. The number of carbonyl (C=O) groups is 2. The van der Waals surface area contributed by atoms with Crippen molar-refractivity contribution in [3.63, 3.8) is 0 Å². The summed E-state index contributed by atoms with van der Waals surface area (Å²) in [7, 11) is 1.00. The molecule has 4 aliphatic carbocycles. The standard InChI is InChI=1S/C28H42F3NO2.C27H38F3NO2.C2H6.CH4O/c1-20(2)14-16-32(17-15-21-6-4-3-5-7-21)26-13-8-22(19-27(33)34)18-25(26)23-9-11-24(12-10-23)28(29,30)31;28-27(29,30)23-9-7-22(8-10-23)25-18-20(12-15-32)6-11-26(25)31(24-13-16-33-17-14-24)19-21-4-2-1-3-5-21;2*1-2/h9-12,20-22,25-26H,3-8,13-19H2,1-2H3,(H,33,34);7-10,15,20-21,24-26H,1-6,11-14,16-19H2;1-2H3;2H,1H3/t22?,25?,26-;20?,25?,26-;;/m11../s1. The van der Waals surface area contributed by atoms with Crippen molar-refractivity contribution in [1.82, 2.24) is 9.80 Å². The van der Waals surface area contributed by atoms with Gasteiger partial charge in [-0.15, -0.1) is 0 Å². The van der Waals surface area contributed by atoms with Crippen LogP contribution < -0.4 is 0 Å². The normalized spacial score (nSPS) is 25.1. The van der Waals surface area contributed by atoms with Gasteiger partial charge in [-0.25, -0.2) is 0 Å². The minimum Gasteiger partial charge on any atom is -0.481 e. The Balaban J connectivity index is 0.000000289. The molecule has 0 spiro atoms. The van der Waals surface area contributed by atoms with Crippen LogP contribution in [0, 0.1) is 29.6 Å². The van der Waals surface area contributed by atoms with Crippen molar-refractivity contribution in [2.24, 2.45) is 29.6 Å². The Hall–Kier alpha value is -3.00. The number of aliphatic hydroxyl groups is 1. The van der Waals surface area contributed by atoms with Crippen LogP contribution in [-0.4, -0.2) is 90.4 Å². The molecule has 13 heteroatoms. The fourth-order valence-corrected chi connectivity index (χ4v) is 12.6. The Kier molecular flexibility index (Phi) is 26.5. The highest BCUT2D eigenvalue weighted by Gasteiger charge is 2.41. The number of carboxylic acids is 1. The lowest BCUT2D eigenvalue weighted by Crippen LogP contribution is -2.52. The second-order valence-electron chi connectivity index (χ2n) is 21.5. The van der Waals surface area contributed by atoms with Gasteiger partial charge in [0, 0.05) is 57.8 Å². The van der Waals surface area contributed by atoms with Crippen molar-refractivity contribution in [1.29, 1.82) is 0 Å². The molecule has 0 amide bonds. The third-order valence-corrected chi connectivity index (χ3v) is 16.4. The van der Waals surface area contributed by atoms with Crippen molar-refractivity contribution >= 4 is 12.3 Å². The summed E-state index contributed by atoms with van der Waals surface area (Å²) in [4.78, 5) is 28.0. The van der Waals surface area contributed by atoms with Crippen LogP contribution in [-0.2, 0) is 26.7 Å². The Morgan fingerprint density at radius 1 is 0.648 bits per heavy atom. The smallest absolute Gasteiger partial charge is 0.416 e. The van der Waals surface area contributed by atoms with Crippen molar-refractivity contribution < 1.29 is 50.9 Å². The van der Waals surface area contributed by atoms with Crippen LogP contribution in [0.25, 0.3) is 0 Å². The summed E-state index contributed by atoms with van der Waals surface area (Å²) in [5, 5.41) is 16.4. The fourth-order valence-electron chi connectivity index (χ4n) is 12.6. The Bertz CT molecular complexity index is 1760. The molecule has 0 bridgehead atoms. The van der Waals surface area contributed by atoms with Crippen LogP contribution in [0.15, 0.2) is 48.5 Å². The molecule has 1 saturated heterocycles. The first-order valence-corrected chi connectivity index (χ1v) is 27.6. The Morgan fingerprint density at radius 3 is 1.62 bits per heavy atom. The number of hydrogen-bond donors (Lipinski definition) is 2. The number of aliphatic carboxylic acids is 1. The van der Waals surface area contributed by atoms with Crippen molar-refractivity contribution in [2.75, 3.05) is 40.0 Å². The fraction of sp³-hybridized carbons (Fsp3) is 0.759. The van der Waals surface area contributed by atoms with Gasteiger partial charge >= 0.3 is 18.3 Å². The minimum atomic E-state index is -4.35. The number of halogens is 6. The van der Waals surface area contributed by atoms with Gasteiger partial charge in [0.25, 0.3) is 0 Å². The Morgan fingerprint density at radius 2 is 1.13 bits per heavy atom. The monoisotopic (exact) mass is 1010 g/mol. The van der Waals surface area contributed by atoms with Gasteiger partial charge in [-0.05, 0) is 167 Å². The average Bonchev–Trinajstić information content (AvgIpc) is 3.37. The van der Waals surface area contributed by atoms with Crippen molar-refractivity contribution in [3.8, 4) is 0 Å². The number of aldehydes is 1. The van der Waals surface area contributed by atoms with Gasteiger partial charge in [0.2, 0.25) is 0 Å². The molecule has 1 aliphatic heterocycles. The van der Waals surface area contributed by atoms with E-state index in [1.807, 2.05) is 13.8 Å². The third kappa shape index (κ3) is 19.7. The first-order chi connectivity index (χ1) is 34.1. The molecule has 6 atom stereocenters. The van der Waals surface area contributed by atoms with Crippen molar-refractivity contribution in [2.45, 2.75) is 211 Å². The van der Waals surface area contributed by atoms with E-state index in [0.717, 1.165) is 121 Å². The second kappa shape index (κ2) is 31.0. The van der Waals surface area contributed by atoms with E-state index in [9.17, 15) is 41.0 Å². The van der Waals surface area contributed by atoms with E-state index in [2.05, 4.69) is 23.6 Å². The summed E-state index contributed by atoms with van der Waals surface area (Å²) in [5.41, 5.74) is 0.691. The maximum Gasteiger partial charge on any atom is 0.416 e. The van der Waals surface area contributed by atoms with E-state index >= 15 is 0 Å². The number of carbonyl (C=O) groups excluding carboxylic acids is 1. The van der Waals surface area contributed by atoms with Crippen LogP contribution in [0.2, 0.25) is 0 Å². The number of alkyl halides is 6. The van der Waals surface area contributed by atoms with Crippen LogP contribution in [0.4, 0.5) is 26.3 Å². The van der Waals surface area contributed by atoms with Gasteiger partial charge in [0.05, 0.1) is 11.1 Å². The van der Waals surface area contributed by atoms with Crippen LogP contribution >= 0.6 is 0 Å². The van der Waals surface area contributed by atoms with E-state index in [4.69, 9.17) is 9.84 Å². The molecule has 2 N–H and O–H groups in total. The maximum absolute atomic E-state index is 13.2. The van der Waals surface area contributed by atoms with Gasteiger partial charge in [0.15, 0.2) is 0 Å². The van der Waals surface area contributed by atoms with Gasteiger partial charge in [-0.2, -0.15) is 26.3 Å². The largest absolute Gasteiger partial charge is 0.481 e. The van der Waals surface area contributed by atoms with E-state index < -0.39 is 29.4 Å². The van der Waals surface area contributed by atoms with E-state index in [0.29, 0.717) is 36.3 Å². The topological polar surface area (TPSA) is 90.3 Å². The molecule has 1 heterocycles. The SMILES string of the molecule is CC.CC(C)CCN(CCC1CCCCC1)[C@@H]1CCC(CC(=O)O)CC1c1ccc(C(F)(F)F)cc1.CO.O=CCC1CC[C@@H](N(CC2CCCCC2)C2CCOCC2)C(c2ccc(C(F)(F)F)cc2)C1. The highest BCUT2D eigenvalue weighted by molar-refractivity contribution is 5.67. The first-order valence-electron chi connectivity index (χ1n) is 27.6. The van der Waals surface area contributed by atoms with Gasteiger partial charge < -0.3 is 19.7 Å². The quantitative estimate of drug-likeness (QED) is 0.120. The van der Waals surface area contributed by atoms with Crippen LogP contribution in [0.5, 0.6) is 0 Å². The second-order valence-corrected chi connectivity index (χ2v) is 21.5. The molecule has 71 heavy (non-hydrogen) atoms. The van der Waals surface area contributed by atoms with Gasteiger partial charge in [-0.3, -0.25) is 14.6 Å². The van der Waals surface area contributed by atoms with Crippen molar-refractivity contribution in [3.05, 3.63) is 70.8 Å². The van der Waals surface area contributed by atoms with E-state index in [1.165, 1.54) is 94.9 Å². The molecule has 5 fully saturated rings. The van der Waals surface area contributed by atoms with Crippen LogP contribution in [0.3, 0.4) is 0 Å². The highest BCUT2D eigenvalue weighted by Crippen LogP contribution is 2.45. The predicted molar refractivity (Wildman–Crippen MR) is 272 cm³/mol. The van der Waals surface area contributed by atoms with Gasteiger partial charge in [-0.1, -0.05) is 103 Å². The molecular weight excluding hydrogens is 919 g/mol. The molecule has 4 saturated carbocycles. The average molecular weight is 1010 g/mol. The number of benzene rings is 2. The molecular formula is C58H90F6N2O5.